The molecule has 2 aliphatic heterocycles. The molecule has 0 amide bonds. The Hall–Kier alpha value is -4.26. The maximum Gasteiger partial charge on any atom is 0.115 e. The SMILES string of the molecule is Oc1ccc(/C=C/[C@@H]2C[C@H](CCc3ccc(O)cc3)O[C@@H]3C[C@H](CCc4ccc(O)cc4)O[C@H](c4ccc(O)cc4)[C@@H]23)cc1. The van der Waals surface area contributed by atoms with E-state index in [0.717, 1.165) is 55.2 Å². The van der Waals surface area contributed by atoms with Gasteiger partial charge in [-0.25, -0.2) is 0 Å². The van der Waals surface area contributed by atoms with E-state index in [4.69, 9.17) is 9.47 Å². The molecular weight excluding hydrogens is 552 g/mol. The summed E-state index contributed by atoms with van der Waals surface area (Å²) < 4.78 is 13.8. The third kappa shape index (κ3) is 7.44. The van der Waals surface area contributed by atoms with Crippen LogP contribution in [0.5, 0.6) is 23.0 Å². The van der Waals surface area contributed by atoms with Gasteiger partial charge in [-0.1, -0.05) is 60.7 Å². The van der Waals surface area contributed by atoms with E-state index < -0.39 is 0 Å². The van der Waals surface area contributed by atoms with Crippen LogP contribution in [0.4, 0.5) is 0 Å². The van der Waals surface area contributed by atoms with Gasteiger partial charge >= 0.3 is 0 Å². The van der Waals surface area contributed by atoms with Gasteiger partial charge in [-0.15, -0.1) is 0 Å². The van der Waals surface area contributed by atoms with Crippen LogP contribution in [0.2, 0.25) is 0 Å². The summed E-state index contributed by atoms with van der Waals surface area (Å²) in [4.78, 5) is 0. The number of hydrogen-bond acceptors (Lipinski definition) is 6. The van der Waals surface area contributed by atoms with E-state index in [-0.39, 0.29) is 59.2 Å². The molecule has 2 aliphatic rings. The Labute approximate surface area is 258 Å². The van der Waals surface area contributed by atoms with E-state index in [2.05, 4.69) is 12.2 Å². The van der Waals surface area contributed by atoms with Gasteiger partial charge in [0.25, 0.3) is 0 Å². The molecule has 6 rings (SSSR count). The number of fused-ring (bicyclic) bond motifs is 1. The van der Waals surface area contributed by atoms with Crippen molar-refractivity contribution in [2.45, 2.75) is 62.9 Å². The first-order chi connectivity index (χ1) is 21.4. The summed E-state index contributed by atoms with van der Waals surface area (Å²) in [6.07, 6.45) is 9.29. The maximum atomic E-state index is 10.0. The number of benzene rings is 4. The summed E-state index contributed by atoms with van der Waals surface area (Å²) in [7, 11) is 0. The standard InChI is InChI=1S/C38H40O6/c39-30-13-2-25(3-14-30)1-10-29-23-34(21-8-26-4-15-31(40)16-5-26)43-36-24-35(22-9-27-6-17-32(41)18-7-27)44-38(37(29)36)28-11-19-33(42)20-12-28/h1-7,10-20,29,34-42H,8-9,21-24H2/b10-1+/t29-,34+,35+,36-,37+,38-/m1/s1. The van der Waals surface area contributed by atoms with E-state index in [0.29, 0.717) is 0 Å². The van der Waals surface area contributed by atoms with Crippen LogP contribution in [-0.2, 0) is 22.3 Å². The minimum absolute atomic E-state index is 0.0126. The van der Waals surface area contributed by atoms with Gasteiger partial charge in [-0.2, -0.15) is 0 Å². The fourth-order valence-electron chi connectivity index (χ4n) is 6.72. The van der Waals surface area contributed by atoms with Crippen molar-refractivity contribution < 1.29 is 29.9 Å². The molecule has 0 saturated carbocycles. The smallest absolute Gasteiger partial charge is 0.115 e. The molecule has 0 bridgehead atoms. The highest BCUT2D eigenvalue weighted by Crippen LogP contribution is 2.48. The predicted molar refractivity (Wildman–Crippen MR) is 171 cm³/mol. The zero-order valence-corrected chi connectivity index (χ0v) is 24.7. The number of ether oxygens (including phenoxy) is 2. The van der Waals surface area contributed by atoms with Crippen LogP contribution >= 0.6 is 0 Å². The molecule has 44 heavy (non-hydrogen) atoms. The van der Waals surface area contributed by atoms with Crippen LogP contribution in [0, 0.1) is 11.8 Å². The number of allylic oxidation sites excluding steroid dienone is 1. The van der Waals surface area contributed by atoms with Gasteiger partial charge in [0.05, 0.1) is 24.4 Å². The Balaban J connectivity index is 1.27. The highest BCUT2D eigenvalue weighted by molar-refractivity contribution is 5.51. The molecule has 2 saturated heterocycles. The van der Waals surface area contributed by atoms with Gasteiger partial charge < -0.3 is 29.9 Å². The molecule has 0 radical (unpaired) electrons. The number of aryl methyl sites for hydroxylation is 2. The highest BCUT2D eigenvalue weighted by atomic mass is 16.5. The molecule has 4 N–H and O–H groups in total. The summed E-state index contributed by atoms with van der Waals surface area (Å²) >= 11 is 0. The Morgan fingerprint density at radius 2 is 1.05 bits per heavy atom. The number of phenolic OH excluding ortho intramolecular Hbond substituents is 4. The van der Waals surface area contributed by atoms with Crippen molar-refractivity contribution in [2.24, 2.45) is 11.8 Å². The van der Waals surface area contributed by atoms with Crippen LogP contribution in [0.1, 0.15) is 54.0 Å². The van der Waals surface area contributed by atoms with Gasteiger partial charge in [0.1, 0.15) is 23.0 Å². The first kappa shape index (κ1) is 29.8. The third-order valence-electron chi connectivity index (χ3n) is 9.04. The van der Waals surface area contributed by atoms with E-state index in [9.17, 15) is 20.4 Å². The molecule has 0 aliphatic carbocycles. The molecule has 6 atom stereocenters. The van der Waals surface area contributed by atoms with Crippen molar-refractivity contribution in [1.29, 1.82) is 0 Å². The average Bonchev–Trinajstić information content (AvgIpc) is 3.04. The zero-order valence-electron chi connectivity index (χ0n) is 24.7. The van der Waals surface area contributed by atoms with Crippen molar-refractivity contribution in [2.75, 3.05) is 0 Å². The molecular formula is C38H40O6. The lowest BCUT2D eigenvalue weighted by atomic mass is 9.71. The number of rotatable bonds is 9. The molecule has 228 valence electrons. The van der Waals surface area contributed by atoms with E-state index in [1.165, 1.54) is 5.56 Å². The van der Waals surface area contributed by atoms with Gasteiger partial charge in [-0.3, -0.25) is 0 Å². The minimum Gasteiger partial charge on any atom is -0.508 e. The molecule has 2 heterocycles. The molecule has 0 spiro atoms. The molecule has 4 aromatic rings. The van der Waals surface area contributed by atoms with E-state index in [1.54, 1.807) is 48.5 Å². The molecule has 2 fully saturated rings. The fraction of sp³-hybridized carbons (Fsp3) is 0.316. The third-order valence-corrected chi connectivity index (χ3v) is 9.04. The molecule has 4 aromatic carbocycles. The average molecular weight is 593 g/mol. The second kappa shape index (κ2) is 13.6. The van der Waals surface area contributed by atoms with E-state index >= 15 is 0 Å². The maximum absolute atomic E-state index is 10.0. The second-order valence-electron chi connectivity index (χ2n) is 12.1. The van der Waals surface area contributed by atoms with Crippen molar-refractivity contribution >= 4 is 6.08 Å². The lowest BCUT2D eigenvalue weighted by Gasteiger charge is -2.50. The molecule has 0 unspecified atom stereocenters. The first-order valence-electron chi connectivity index (χ1n) is 15.5. The second-order valence-corrected chi connectivity index (χ2v) is 12.1. The topological polar surface area (TPSA) is 99.4 Å². The quantitative estimate of drug-likeness (QED) is 0.159. The largest absolute Gasteiger partial charge is 0.508 e. The van der Waals surface area contributed by atoms with Gasteiger partial charge in [0.2, 0.25) is 0 Å². The van der Waals surface area contributed by atoms with Crippen LogP contribution in [0.3, 0.4) is 0 Å². The number of phenols is 4. The van der Waals surface area contributed by atoms with Gasteiger partial charge in [0.15, 0.2) is 0 Å². The van der Waals surface area contributed by atoms with Crippen LogP contribution in [0.25, 0.3) is 6.08 Å². The van der Waals surface area contributed by atoms with Gasteiger partial charge in [-0.05, 0) is 109 Å². The first-order valence-corrected chi connectivity index (χ1v) is 15.5. The molecule has 6 heteroatoms. The van der Waals surface area contributed by atoms with Crippen molar-refractivity contribution in [3.8, 4) is 23.0 Å². The zero-order chi connectivity index (χ0) is 30.5. The van der Waals surface area contributed by atoms with Crippen LogP contribution < -0.4 is 0 Å². The monoisotopic (exact) mass is 592 g/mol. The Morgan fingerprint density at radius 3 is 1.59 bits per heavy atom. The summed E-state index contributed by atoms with van der Waals surface area (Å²) in [6, 6.07) is 29.4. The van der Waals surface area contributed by atoms with Crippen molar-refractivity contribution in [1.82, 2.24) is 0 Å². The molecule has 6 nitrogen and oxygen atoms in total. The lowest BCUT2D eigenvalue weighted by Crippen LogP contribution is -2.50. The summed E-state index contributed by atoms with van der Waals surface area (Å²) in [5.41, 5.74) is 4.38. The summed E-state index contributed by atoms with van der Waals surface area (Å²) in [5, 5.41) is 39.2. The Morgan fingerprint density at radius 1 is 0.568 bits per heavy atom. The van der Waals surface area contributed by atoms with Crippen LogP contribution in [0.15, 0.2) is 103 Å². The molecule has 0 aromatic heterocycles. The summed E-state index contributed by atoms with van der Waals surface area (Å²) in [5.74, 6) is 1.27. The minimum atomic E-state index is -0.202. The lowest BCUT2D eigenvalue weighted by molar-refractivity contribution is -0.209. The number of hydrogen-bond donors (Lipinski definition) is 4. The summed E-state index contributed by atoms with van der Waals surface area (Å²) in [6.45, 7) is 0. The van der Waals surface area contributed by atoms with Gasteiger partial charge in [0, 0.05) is 12.3 Å². The van der Waals surface area contributed by atoms with Crippen molar-refractivity contribution in [3.05, 3.63) is 125 Å². The highest BCUT2D eigenvalue weighted by Gasteiger charge is 2.47. The van der Waals surface area contributed by atoms with Crippen molar-refractivity contribution in [3.63, 3.8) is 0 Å². The predicted octanol–water partition coefficient (Wildman–Crippen LogP) is 7.71. The Bertz CT molecular complexity index is 1510. The van der Waals surface area contributed by atoms with E-state index in [1.807, 2.05) is 48.5 Å². The normalized spacial score (nSPS) is 25.1. The number of aromatic hydroxyl groups is 4. The van der Waals surface area contributed by atoms with Crippen LogP contribution in [-0.4, -0.2) is 38.7 Å². The fourth-order valence-corrected chi connectivity index (χ4v) is 6.72. The Kier molecular flexibility index (Phi) is 9.20.